The third-order valence-corrected chi connectivity index (χ3v) is 6.28. The van der Waals surface area contributed by atoms with Crippen LogP contribution in [-0.4, -0.2) is 6.54 Å². The van der Waals surface area contributed by atoms with Gasteiger partial charge in [0.05, 0.1) is 0 Å². The second-order valence-corrected chi connectivity index (χ2v) is 6.99. The Bertz CT molecular complexity index is 545. The van der Waals surface area contributed by atoms with E-state index in [4.69, 9.17) is 0 Å². The molecule has 1 aromatic carbocycles. The first kappa shape index (κ1) is 16.7. The predicted octanol–water partition coefficient (Wildman–Crippen LogP) is 5.92. The third kappa shape index (κ3) is 3.25. The predicted molar refractivity (Wildman–Crippen MR) is 97.1 cm³/mol. The van der Waals surface area contributed by atoms with Crippen LogP contribution in [0.1, 0.15) is 50.8 Å². The summed E-state index contributed by atoms with van der Waals surface area (Å²) in [5, 5.41) is 8.20. The zero-order chi connectivity index (χ0) is 15.3. The molecule has 0 aliphatic carbocycles. The second-order valence-electron chi connectivity index (χ2n) is 5.40. The molecule has 1 unspecified atom stereocenters. The maximum Gasteiger partial charge on any atom is 0.0437 e. The first-order valence-electron chi connectivity index (χ1n) is 7.70. The minimum absolute atomic E-state index is 0.126. The normalized spacial score (nSPS) is 13.3. The van der Waals surface area contributed by atoms with Gasteiger partial charge in [0.25, 0.3) is 0 Å². The van der Waals surface area contributed by atoms with Crippen LogP contribution < -0.4 is 5.32 Å². The van der Waals surface area contributed by atoms with Gasteiger partial charge in [0.15, 0.2) is 0 Å². The van der Waals surface area contributed by atoms with Crippen molar-refractivity contribution in [2.24, 2.45) is 0 Å². The maximum absolute atomic E-state index is 3.74. The van der Waals surface area contributed by atoms with E-state index in [1.165, 1.54) is 15.6 Å². The van der Waals surface area contributed by atoms with Gasteiger partial charge in [-0.1, -0.05) is 51.1 Å². The van der Waals surface area contributed by atoms with Crippen LogP contribution >= 0.6 is 27.3 Å². The molecule has 0 aliphatic heterocycles. The summed E-state index contributed by atoms with van der Waals surface area (Å²) in [5.74, 6) is 0. The molecule has 0 fully saturated rings. The molecule has 0 saturated carbocycles. The van der Waals surface area contributed by atoms with E-state index in [0.29, 0.717) is 6.04 Å². The molecule has 1 atom stereocenters. The largest absolute Gasteiger partial charge is 0.309 e. The third-order valence-electron chi connectivity index (χ3n) is 4.52. The number of benzene rings is 1. The van der Waals surface area contributed by atoms with Crippen molar-refractivity contribution in [2.75, 3.05) is 6.54 Å². The van der Waals surface area contributed by atoms with Crippen molar-refractivity contribution in [3.8, 4) is 0 Å². The van der Waals surface area contributed by atoms with E-state index < -0.39 is 0 Å². The summed E-state index contributed by atoms with van der Waals surface area (Å²) < 4.78 is 1.22. The second kappa shape index (κ2) is 7.57. The van der Waals surface area contributed by atoms with Crippen LogP contribution in [0, 0.1) is 0 Å². The Morgan fingerprint density at radius 1 is 1.10 bits per heavy atom. The monoisotopic (exact) mass is 365 g/mol. The molecule has 0 radical (unpaired) electrons. The summed E-state index contributed by atoms with van der Waals surface area (Å²) in [6, 6.07) is 11.3. The summed E-state index contributed by atoms with van der Waals surface area (Å²) in [4.78, 5) is 0. The number of rotatable bonds is 7. The Kier molecular flexibility index (Phi) is 6.03. The highest BCUT2D eigenvalue weighted by Crippen LogP contribution is 2.45. The molecule has 0 spiro atoms. The van der Waals surface area contributed by atoms with Gasteiger partial charge in [-0.25, -0.2) is 0 Å². The average Bonchev–Trinajstić information content (AvgIpc) is 2.95. The van der Waals surface area contributed by atoms with Gasteiger partial charge in [-0.05, 0) is 51.8 Å². The fraction of sp³-hybridized carbons (Fsp3) is 0.444. The van der Waals surface area contributed by atoms with Gasteiger partial charge in [0, 0.05) is 21.3 Å². The van der Waals surface area contributed by atoms with Gasteiger partial charge in [0.2, 0.25) is 0 Å². The minimum atomic E-state index is 0.126. The van der Waals surface area contributed by atoms with Crippen molar-refractivity contribution in [3.05, 3.63) is 56.7 Å². The van der Waals surface area contributed by atoms with Crippen LogP contribution in [0.3, 0.4) is 0 Å². The van der Waals surface area contributed by atoms with Crippen LogP contribution in [0.25, 0.3) is 0 Å². The summed E-state index contributed by atoms with van der Waals surface area (Å²) in [5.41, 5.74) is 2.94. The van der Waals surface area contributed by atoms with E-state index in [1.54, 1.807) is 11.3 Å². The van der Waals surface area contributed by atoms with E-state index in [0.717, 1.165) is 19.4 Å². The molecule has 0 saturated heterocycles. The molecule has 2 aromatic rings. The van der Waals surface area contributed by atoms with E-state index >= 15 is 0 Å². The minimum Gasteiger partial charge on any atom is -0.309 e. The van der Waals surface area contributed by atoms with Crippen LogP contribution in [0.2, 0.25) is 0 Å². The Balaban J connectivity index is 2.54. The standard InChI is InChI=1S/C18H24BrNS/c1-4-18(5-2,14-10-8-7-9-11-14)17(20-6-3)15-12-21-13-16(15)19/h7-13,17,20H,4-6H2,1-3H3. The summed E-state index contributed by atoms with van der Waals surface area (Å²) >= 11 is 5.50. The molecule has 21 heavy (non-hydrogen) atoms. The molecule has 1 heterocycles. The van der Waals surface area contributed by atoms with Crippen LogP contribution in [0.4, 0.5) is 0 Å². The molecule has 0 amide bonds. The molecule has 2 rings (SSSR count). The summed E-state index contributed by atoms with van der Waals surface area (Å²) in [6.45, 7) is 7.78. The SMILES string of the molecule is CCNC(c1cscc1Br)C(CC)(CC)c1ccccc1. The molecule has 0 bridgehead atoms. The van der Waals surface area contributed by atoms with Crippen molar-refractivity contribution in [1.82, 2.24) is 5.32 Å². The van der Waals surface area contributed by atoms with E-state index in [9.17, 15) is 0 Å². The van der Waals surface area contributed by atoms with Crippen molar-refractivity contribution in [3.63, 3.8) is 0 Å². The Labute approximate surface area is 140 Å². The molecule has 1 nitrogen and oxygen atoms in total. The van der Waals surface area contributed by atoms with Crippen molar-refractivity contribution < 1.29 is 0 Å². The van der Waals surface area contributed by atoms with Gasteiger partial charge in [-0.2, -0.15) is 11.3 Å². The van der Waals surface area contributed by atoms with Gasteiger partial charge in [-0.15, -0.1) is 0 Å². The van der Waals surface area contributed by atoms with Crippen LogP contribution in [0.15, 0.2) is 45.6 Å². The topological polar surface area (TPSA) is 12.0 Å². The first-order chi connectivity index (χ1) is 10.2. The number of likely N-dealkylation sites (N-methyl/N-ethyl adjacent to an activating group) is 1. The fourth-order valence-electron chi connectivity index (χ4n) is 3.31. The number of hydrogen-bond donors (Lipinski definition) is 1. The molecule has 3 heteroatoms. The maximum atomic E-state index is 3.74. The van der Waals surface area contributed by atoms with Gasteiger partial charge in [-0.3, -0.25) is 0 Å². The Morgan fingerprint density at radius 3 is 2.24 bits per heavy atom. The van der Waals surface area contributed by atoms with Crippen molar-refractivity contribution in [1.29, 1.82) is 0 Å². The summed E-state index contributed by atoms with van der Waals surface area (Å²) in [6.07, 6.45) is 2.24. The Morgan fingerprint density at radius 2 is 1.76 bits per heavy atom. The zero-order valence-corrected chi connectivity index (χ0v) is 15.4. The quantitative estimate of drug-likeness (QED) is 0.641. The number of halogens is 1. The lowest BCUT2D eigenvalue weighted by atomic mass is 9.68. The molecule has 1 N–H and O–H groups in total. The van der Waals surface area contributed by atoms with Gasteiger partial charge >= 0.3 is 0 Å². The first-order valence-corrected chi connectivity index (χ1v) is 9.43. The average molecular weight is 366 g/mol. The van der Waals surface area contributed by atoms with E-state index in [-0.39, 0.29) is 5.41 Å². The highest BCUT2D eigenvalue weighted by atomic mass is 79.9. The van der Waals surface area contributed by atoms with E-state index in [1.807, 2.05) is 0 Å². The lowest BCUT2D eigenvalue weighted by Crippen LogP contribution is -2.41. The van der Waals surface area contributed by atoms with Crippen LogP contribution in [0.5, 0.6) is 0 Å². The van der Waals surface area contributed by atoms with Crippen LogP contribution in [-0.2, 0) is 5.41 Å². The Hall–Kier alpha value is -0.640. The van der Waals surface area contributed by atoms with E-state index in [2.05, 4.69) is 83.1 Å². The highest BCUT2D eigenvalue weighted by molar-refractivity contribution is 9.10. The molecule has 0 aliphatic rings. The number of thiophene rings is 1. The van der Waals surface area contributed by atoms with Crippen molar-refractivity contribution in [2.45, 2.75) is 45.1 Å². The molecule has 114 valence electrons. The molecule has 1 aromatic heterocycles. The lowest BCUT2D eigenvalue weighted by molar-refractivity contribution is 0.277. The van der Waals surface area contributed by atoms with Crippen molar-refractivity contribution >= 4 is 27.3 Å². The fourth-order valence-corrected chi connectivity index (χ4v) is 4.86. The van der Waals surface area contributed by atoms with Gasteiger partial charge < -0.3 is 5.32 Å². The molecular weight excluding hydrogens is 342 g/mol. The number of hydrogen-bond acceptors (Lipinski definition) is 2. The number of nitrogens with one attached hydrogen (secondary N) is 1. The van der Waals surface area contributed by atoms with Gasteiger partial charge in [0.1, 0.15) is 0 Å². The highest BCUT2D eigenvalue weighted by Gasteiger charge is 2.38. The summed E-state index contributed by atoms with van der Waals surface area (Å²) in [7, 11) is 0. The zero-order valence-electron chi connectivity index (χ0n) is 13.0. The lowest BCUT2D eigenvalue weighted by Gasteiger charge is -2.41. The smallest absolute Gasteiger partial charge is 0.0437 e. The molecular formula is C18H24BrNS.